The lowest BCUT2D eigenvalue weighted by atomic mass is 10.00. The molecule has 3 N–H and O–H groups in total. The van der Waals surface area contributed by atoms with Crippen LogP contribution in [0.3, 0.4) is 0 Å². The number of hydrogen-bond acceptors (Lipinski definition) is 3. The number of nitrogens with zero attached hydrogens (tertiary/aromatic N) is 3. The molecule has 0 radical (unpaired) electrons. The molecule has 156 valence electrons. The van der Waals surface area contributed by atoms with Crippen LogP contribution < -0.4 is 0 Å². The number of nitrogens with one attached hydrogen (secondary N) is 1. The summed E-state index contributed by atoms with van der Waals surface area (Å²) in [5, 5.41) is 22.9. The highest BCUT2D eigenvalue weighted by Crippen LogP contribution is 2.48. The van der Waals surface area contributed by atoms with Crippen molar-refractivity contribution < 1.29 is 10.2 Å². The maximum atomic E-state index is 11.0. The molecule has 0 saturated carbocycles. The summed E-state index contributed by atoms with van der Waals surface area (Å²) in [6, 6.07) is 16.0. The van der Waals surface area contributed by atoms with E-state index in [0.717, 1.165) is 40.7 Å². The van der Waals surface area contributed by atoms with Crippen LogP contribution in [0.5, 0.6) is 11.6 Å². The average Bonchev–Trinajstić information content (AvgIpc) is 3.49. The average molecular weight is 412 g/mol. The van der Waals surface area contributed by atoms with E-state index in [1.54, 1.807) is 12.5 Å². The highest BCUT2D eigenvalue weighted by atomic mass is 16.3. The largest absolute Gasteiger partial charge is 0.503 e. The highest BCUT2D eigenvalue weighted by molar-refractivity contribution is 6.01. The quantitative estimate of drug-likeness (QED) is 0.354. The molecular formula is C25H24N4O2. The Morgan fingerprint density at radius 1 is 1.03 bits per heavy atom. The Kier molecular flexibility index (Phi) is 4.75. The van der Waals surface area contributed by atoms with Crippen molar-refractivity contribution in [2.45, 2.75) is 26.4 Å². The van der Waals surface area contributed by atoms with Gasteiger partial charge in [0.25, 0.3) is 0 Å². The molecule has 5 aromatic rings. The Bertz CT molecular complexity index is 1330. The van der Waals surface area contributed by atoms with Crippen molar-refractivity contribution in [1.82, 2.24) is 19.1 Å². The predicted octanol–water partition coefficient (Wildman–Crippen LogP) is 5.31. The fourth-order valence-electron chi connectivity index (χ4n) is 4.24. The summed E-state index contributed by atoms with van der Waals surface area (Å²) in [6.45, 7) is 3.38. The lowest BCUT2D eigenvalue weighted by molar-refractivity contribution is 0.369. The van der Waals surface area contributed by atoms with E-state index >= 15 is 0 Å². The molecule has 0 amide bonds. The fraction of sp³-hybridized carbons (Fsp3) is 0.160. The molecule has 0 aliphatic rings. The second-order valence-electron chi connectivity index (χ2n) is 7.82. The first-order valence-electron chi connectivity index (χ1n) is 10.4. The summed E-state index contributed by atoms with van der Waals surface area (Å²) in [7, 11) is 0. The van der Waals surface area contributed by atoms with Crippen LogP contribution in [0.15, 0.2) is 73.4 Å². The van der Waals surface area contributed by atoms with Crippen molar-refractivity contribution in [3.05, 3.63) is 79.0 Å². The molecule has 0 bridgehead atoms. The van der Waals surface area contributed by atoms with Crippen molar-refractivity contribution in [3.63, 3.8) is 0 Å². The van der Waals surface area contributed by atoms with E-state index in [4.69, 9.17) is 0 Å². The lowest BCUT2D eigenvalue weighted by Crippen LogP contribution is -2.04. The van der Waals surface area contributed by atoms with E-state index in [2.05, 4.69) is 35.1 Å². The van der Waals surface area contributed by atoms with Crippen molar-refractivity contribution in [2.24, 2.45) is 0 Å². The van der Waals surface area contributed by atoms with Crippen LogP contribution in [0.2, 0.25) is 0 Å². The first kappa shape index (κ1) is 19.1. The molecule has 6 heteroatoms. The fourth-order valence-corrected chi connectivity index (χ4v) is 4.24. The minimum absolute atomic E-state index is 0.0923. The molecule has 3 aromatic heterocycles. The van der Waals surface area contributed by atoms with Gasteiger partial charge in [-0.2, -0.15) is 0 Å². The van der Waals surface area contributed by atoms with Crippen LogP contribution in [-0.4, -0.2) is 29.3 Å². The number of hydrogen-bond donors (Lipinski definition) is 3. The summed E-state index contributed by atoms with van der Waals surface area (Å²) < 4.78 is 3.82. The Balaban J connectivity index is 1.66. The van der Waals surface area contributed by atoms with Crippen LogP contribution in [0, 0.1) is 6.92 Å². The molecular weight excluding hydrogens is 388 g/mol. The van der Waals surface area contributed by atoms with Crippen LogP contribution >= 0.6 is 0 Å². The van der Waals surface area contributed by atoms with Crippen molar-refractivity contribution in [3.8, 4) is 34.0 Å². The van der Waals surface area contributed by atoms with Crippen LogP contribution in [-0.2, 0) is 13.1 Å². The third kappa shape index (κ3) is 3.36. The summed E-state index contributed by atoms with van der Waals surface area (Å²) in [6.07, 6.45) is 8.19. The highest BCUT2D eigenvalue weighted by Gasteiger charge is 2.26. The van der Waals surface area contributed by atoms with Gasteiger partial charge in [-0.1, -0.05) is 42.5 Å². The van der Waals surface area contributed by atoms with Crippen molar-refractivity contribution in [1.29, 1.82) is 0 Å². The van der Waals surface area contributed by atoms with E-state index in [-0.39, 0.29) is 11.6 Å². The van der Waals surface area contributed by atoms with Gasteiger partial charge in [0.05, 0.1) is 17.6 Å². The molecule has 0 spiro atoms. The number of aromatic amines is 1. The molecule has 2 aromatic carbocycles. The normalized spacial score (nSPS) is 11.4. The van der Waals surface area contributed by atoms with E-state index in [0.29, 0.717) is 12.1 Å². The van der Waals surface area contributed by atoms with Gasteiger partial charge in [0, 0.05) is 48.1 Å². The Morgan fingerprint density at radius 2 is 1.87 bits per heavy atom. The van der Waals surface area contributed by atoms with Gasteiger partial charge in [0.15, 0.2) is 5.75 Å². The van der Waals surface area contributed by atoms with Crippen molar-refractivity contribution in [2.75, 3.05) is 0 Å². The molecule has 0 aliphatic carbocycles. The van der Waals surface area contributed by atoms with Gasteiger partial charge in [0.2, 0.25) is 5.88 Å². The number of H-pyrrole nitrogens is 1. The van der Waals surface area contributed by atoms with Gasteiger partial charge in [0.1, 0.15) is 0 Å². The SMILES string of the molecule is Cc1ccc2c(-c3c(-c4ccccc4)c(O)c(O)n3CCCn3ccnc3)c[nH]c2c1. The zero-order valence-electron chi connectivity index (χ0n) is 17.3. The van der Waals surface area contributed by atoms with E-state index < -0.39 is 0 Å². The number of fused-ring (bicyclic) bond motifs is 1. The van der Waals surface area contributed by atoms with Crippen LogP contribution in [0.1, 0.15) is 12.0 Å². The zero-order valence-corrected chi connectivity index (χ0v) is 17.3. The molecule has 0 saturated heterocycles. The van der Waals surface area contributed by atoms with Crippen LogP contribution in [0.4, 0.5) is 0 Å². The number of aromatic nitrogens is 4. The van der Waals surface area contributed by atoms with Crippen molar-refractivity contribution >= 4 is 10.9 Å². The summed E-state index contributed by atoms with van der Waals surface area (Å²) in [5.74, 6) is -0.203. The molecule has 0 aliphatic heterocycles. The third-order valence-corrected chi connectivity index (χ3v) is 5.72. The van der Waals surface area contributed by atoms with Gasteiger partial charge < -0.3 is 24.3 Å². The van der Waals surface area contributed by atoms with Gasteiger partial charge in [-0.25, -0.2) is 4.98 Å². The molecule has 0 fully saturated rings. The zero-order chi connectivity index (χ0) is 21.4. The molecule has 3 heterocycles. The van der Waals surface area contributed by atoms with Crippen LogP contribution in [0.25, 0.3) is 33.3 Å². The molecule has 0 unspecified atom stereocenters. The first-order chi connectivity index (χ1) is 15.1. The Hall–Kier alpha value is -3.93. The van der Waals surface area contributed by atoms with Gasteiger partial charge >= 0.3 is 0 Å². The Morgan fingerprint density at radius 3 is 2.65 bits per heavy atom. The number of aromatic hydroxyl groups is 2. The maximum absolute atomic E-state index is 11.0. The van der Waals surface area contributed by atoms with Gasteiger partial charge in [-0.05, 0) is 30.5 Å². The smallest absolute Gasteiger partial charge is 0.235 e. The van der Waals surface area contributed by atoms with Gasteiger partial charge in [-0.15, -0.1) is 0 Å². The molecule has 6 nitrogen and oxygen atoms in total. The monoisotopic (exact) mass is 412 g/mol. The molecule has 5 rings (SSSR count). The van der Waals surface area contributed by atoms with E-state index in [1.165, 1.54) is 5.56 Å². The standard InChI is InChI=1S/C25H24N4O2/c1-17-8-9-19-20(15-27-21(19)14-17)23-22(18-6-3-2-4-7-18)24(30)25(31)29(23)12-5-11-28-13-10-26-16-28/h2-4,6-10,13-16,27,30-31H,5,11-12H2,1H3. The Labute approximate surface area is 180 Å². The first-order valence-corrected chi connectivity index (χ1v) is 10.4. The summed E-state index contributed by atoms with van der Waals surface area (Å²) in [4.78, 5) is 7.44. The number of rotatable bonds is 6. The minimum Gasteiger partial charge on any atom is -0.503 e. The number of benzene rings is 2. The molecule has 0 atom stereocenters. The minimum atomic E-state index is -0.110. The molecule has 31 heavy (non-hydrogen) atoms. The number of imidazole rings is 1. The third-order valence-electron chi connectivity index (χ3n) is 5.72. The maximum Gasteiger partial charge on any atom is 0.235 e. The van der Waals surface area contributed by atoms with E-state index in [1.807, 2.05) is 51.9 Å². The predicted molar refractivity (Wildman–Crippen MR) is 122 cm³/mol. The topological polar surface area (TPSA) is 79.0 Å². The number of aryl methyl sites for hydroxylation is 2. The second-order valence-corrected chi connectivity index (χ2v) is 7.82. The second kappa shape index (κ2) is 7.72. The lowest BCUT2D eigenvalue weighted by Gasteiger charge is -2.12. The van der Waals surface area contributed by atoms with Gasteiger partial charge in [-0.3, -0.25) is 0 Å². The summed E-state index contributed by atoms with van der Waals surface area (Å²) >= 11 is 0. The van der Waals surface area contributed by atoms with E-state index in [9.17, 15) is 10.2 Å². The summed E-state index contributed by atoms with van der Waals surface area (Å²) in [5.41, 5.74) is 5.46.